The molecule has 0 aliphatic heterocycles. The molecule has 0 aliphatic rings. The van der Waals surface area contributed by atoms with E-state index in [0.717, 1.165) is 5.56 Å². The maximum absolute atomic E-state index is 10.8. The second kappa shape index (κ2) is 4.27. The van der Waals surface area contributed by atoms with E-state index >= 15 is 0 Å². The third-order valence-corrected chi connectivity index (χ3v) is 2.52. The molecule has 0 unspecified atom stereocenters. The first kappa shape index (κ1) is 10.8. The second-order valence-corrected chi connectivity index (χ2v) is 4.15. The highest BCUT2D eigenvalue weighted by molar-refractivity contribution is 7.85. The van der Waals surface area contributed by atoms with Gasteiger partial charge in [-0.2, -0.15) is 8.42 Å². The Morgan fingerprint density at radius 2 is 2.14 bits per heavy atom. The van der Waals surface area contributed by atoms with Crippen molar-refractivity contribution in [2.75, 3.05) is 0 Å². The van der Waals surface area contributed by atoms with Crippen LogP contribution in [0.3, 0.4) is 0 Å². The first-order valence-electron chi connectivity index (χ1n) is 4.00. The minimum atomic E-state index is -4.10. The van der Waals surface area contributed by atoms with Gasteiger partial charge in [0.15, 0.2) is 0 Å². The van der Waals surface area contributed by atoms with E-state index < -0.39 is 10.1 Å². The molecule has 0 radical (unpaired) electrons. The zero-order chi connectivity index (χ0) is 10.6. The Morgan fingerprint density at radius 3 is 2.71 bits per heavy atom. The lowest BCUT2D eigenvalue weighted by molar-refractivity contribution is 0.483. The Kier molecular flexibility index (Phi) is 3.28. The average Bonchev–Trinajstić information content (AvgIpc) is 2.14. The molecule has 0 aromatic heterocycles. The van der Waals surface area contributed by atoms with E-state index in [1.807, 2.05) is 0 Å². The summed E-state index contributed by atoms with van der Waals surface area (Å²) in [5.74, 6) is 5.53. The molecule has 74 valence electrons. The number of hydrogen-bond donors (Lipinski definition) is 1. The van der Waals surface area contributed by atoms with Crippen molar-refractivity contribution in [3.63, 3.8) is 0 Å². The molecule has 0 atom stereocenters. The van der Waals surface area contributed by atoms with Crippen molar-refractivity contribution >= 4 is 10.1 Å². The van der Waals surface area contributed by atoms with E-state index in [1.54, 1.807) is 19.1 Å². The standard InChI is InChI=1S/C10H10O3S/c1-2-3-5-9-6-4-7-10(8-9)14(11,12)13/h4,6-8H,5H2,1H3,(H,11,12,13). The van der Waals surface area contributed by atoms with Crippen molar-refractivity contribution in [2.45, 2.75) is 18.2 Å². The van der Waals surface area contributed by atoms with Crippen molar-refractivity contribution in [3.05, 3.63) is 29.8 Å². The molecule has 1 rings (SSSR count). The highest BCUT2D eigenvalue weighted by Crippen LogP contribution is 2.11. The predicted octanol–water partition coefficient (Wildman–Crippen LogP) is 1.50. The third kappa shape index (κ3) is 2.87. The highest BCUT2D eigenvalue weighted by atomic mass is 32.2. The lowest BCUT2D eigenvalue weighted by Gasteiger charge is -1.98. The fraction of sp³-hybridized carbons (Fsp3) is 0.200. The molecule has 3 nitrogen and oxygen atoms in total. The summed E-state index contributed by atoms with van der Waals surface area (Å²) in [5, 5.41) is 0. The maximum Gasteiger partial charge on any atom is 0.294 e. The van der Waals surface area contributed by atoms with Crippen LogP contribution in [0.5, 0.6) is 0 Å². The Labute approximate surface area is 83.5 Å². The maximum atomic E-state index is 10.8. The molecule has 1 N–H and O–H groups in total. The second-order valence-electron chi connectivity index (χ2n) is 2.73. The van der Waals surface area contributed by atoms with Crippen LogP contribution >= 0.6 is 0 Å². The molecular formula is C10H10O3S. The summed E-state index contributed by atoms with van der Waals surface area (Å²) in [6.07, 6.45) is 0.486. The molecule has 1 aromatic carbocycles. The van der Waals surface area contributed by atoms with Gasteiger partial charge in [-0.1, -0.05) is 18.1 Å². The number of benzene rings is 1. The van der Waals surface area contributed by atoms with Crippen molar-refractivity contribution in [3.8, 4) is 11.8 Å². The van der Waals surface area contributed by atoms with E-state index in [9.17, 15) is 8.42 Å². The molecule has 4 heteroatoms. The van der Waals surface area contributed by atoms with Gasteiger partial charge in [0.25, 0.3) is 10.1 Å². The van der Waals surface area contributed by atoms with Crippen LogP contribution < -0.4 is 0 Å². The van der Waals surface area contributed by atoms with Crippen LogP contribution in [-0.2, 0) is 16.5 Å². The fourth-order valence-electron chi connectivity index (χ4n) is 1.01. The molecule has 0 saturated heterocycles. The van der Waals surface area contributed by atoms with Crippen LogP contribution in [0, 0.1) is 11.8 Å². The summed E-state index contributed by atoms with van der Waals surface area (Å²) in [7, 11) is -4.10. The lowest BCUT2D eigenvalue weighted by atomic mass is 10.2. The quantitative estimate of drug-likeness (QED) is 0.594. The summed E-state index contributed by atoms with van der Waals surface area (Å²) in [6, 6.07) is 6.10. The molecule has 1 aromatic rings. The minimum absolute atomic E-state index is 0.0899. The van der Waals surface area contributed by atoms with Crippen LogP contribution in [0.1, 0.15) is 12.5 Å². The molecule has 0 heterocycles. The van der Waals surface area contributed by atoms with Crippen molar-refractivity contribution in [1.82, 2.24) is 0 Å². The van der Waals surface area contributed by atoms with Gasteiger partial charge in [-0.25, -0.2) is 0 Å². The molecule has 0 amide bonds. The Balaban J connectivity index is 3.06. The summed E-state index contributed by atoms with van der Waals surface area (Å²) in [5.41, 5.74) is 0.773. The Bertz CT molecular complexity index is 478. The molecule has 0 aliphatic carbocycles. The van der Waals surface area contributed by atoms with Gasteiger partial charge in [0.1, 0.15) is 0 Å². The van der Waals surface area contributed by atoms with E-state index in [4.69, 9.17) is 4.55 Å². The SMILES string of the molecule is CC#CCc1cccc(S(=O)(=O)O)c1. The molecule has 0 saturated carbocycles. The molecular weight excluding hydrogens is 200 g/mol. The van der Waals surface area contributed by atoms with Gasteiger partial charge in [0, 0.05) is 6.42 Å². The zero-order valence-corrected chi connectivity index (χ0v) is 8.50. The Morgan fingerprint density at radius 1 is 1.43 bits per heavy atom. The van der Waals surface area contributed by atoms with Gasteiger partial charge in [0.2, 0.25) is 0 Å². The summed E-state index contributed by atoms with van der Waals surface area (Å²) in [4.78, 5) is -0.0899. The number of hydrogen-bond acceptors (Lipinski definition) is 2. The lowest BCUT2D eigenvalue weighted by Crippen LogP contribution is -1.98. The number of rotatable bonds is 2. The summed E-state index contributed by atoms with van der Waals surface area (Å²) >= 11 is 0. The van der Waals surface area contributed by atoms with Gasteiger partial charge >= 0.3 is 0 Å². The van der Waals surface area contributed by atoms with Crippen LogP contribution in [-0.4, -0.2) is 13.0 Å². The van der Waals surface area contributed by atoms with E-state index in [0.29, 0.717) is 6.42 Å². The van der Waals surface area contributed by atoms with Crippen LogP contribution in [0.2, 0.25) is 0 Å². The van der Waals surface area contributed by atoms with E-state index in [1.165, 1.54) is 12.1 Å². The van der Waals surface area contributed by atoms with Crippen LogP contribution in [0.15, 0.2) is 29.2 Å². The first-order valence-corrected chi connectivity index (χ1v) is 5.44. The van der Waals surface area contributed by atoms with Gasteiger partial charge in [-0.15, -0.1) is 5.92 Å². The Hall–Kier alpha value is -1.31. The molecule has 0 spiro atoms. The van der Waals surface area contributed by atoms with E-state index in [2.05, 4.69) is 11.8 Å². The van der Waals surface area contributed by atoms with Crippen molar-refractivity contribution in [2.24, 2.45) is 0 Å². The molecule has 0 fully saturated rings. The summed E-state index contributed by atoms with van der Waals surface area (Å²) < 4.78 is 30.3. The highest BCUT2D eigenvalue weighted by Gasteiger charge is 2.08. The predicted molar refractivity (Wildman–Crippen MR) is 53.4 cm³/mol. The fourth-order valence-corrected chi connectivity index (χ4v) is 1.56. The largest absolute Gasteiger partial charge is 0.294 e. The van der Waals surface area contributed by atoms with Gasteiger partial charge in [-0.05, 0) is 24.6 Å². The van der Waals surface area contributed by atoms with Crippen molar-refractivity contribution < 1.29 is 13.0 Å². The average molecular weight is 210 g/mol. The topological polar surface area (TPSA) is 54.4 Å². The van der Waals surface area contributed by atoms with Crippen LogP contribution in [0.4, 0.5) is 0 Å². The van der Waals surface area contributed by atoms with Gasteiger partial charge in [-0.3, -0.25) is 4.55 Å². The minimum Gasteiger partial charge on any atom is -0.282 e. The smallest absolute Gasteiger partial charge is 0.282 e. The molecule has 0 bridgehead atoms. The van der Waals surface area contributed by atoms with E-state index in [-0.39, 0.29) is 4.90 Å². The monoisotopic (exact) mass is 210 g/mol. The summed E-state index contributed by atoms with van der Waals surface area (Å²) in [6.45, 7) is 1.71. The van der Waals surface area contributed by atoms with Crippen molar-refractivity contribution in [1.29, 1.82) is 0 Å². The third-order valence-electron chi connectivity index (χ3n) is 1.67. The zero-order valence-electron chi connectivity index (χ0n) is 7.69. The van der Waals surface area contributed by atoms with Gasteiger partial charge in [0.05, 0.1) is 4.90 Å². The normalized spacial score (nSPS) is 10.4. The molecule has 14 heavy (non-hydrogen) atoms. The van der Waals surface area contributed by atoms with Gasteiger partial charge < -0.3 is 0 Å². The van der Waals surface area contributed by atoms with Crippen LogP contribution in [0.25, 0.3) is 0 Å². The first-order chi connectivity index (χ1) is 6.54.